The Kier molecular flexibility index (Phi) is 9.28. The van der Waals surface area contributed by atoms with Gasteiger partial charge in [-0.2, -0.15) is 0 Å². The van der Waals surface area contributed by atoms with E-state index in [1.165, 1.54) is 10.8 Å². The summed E-state index contributed by atoms with van der Waals surface area (Å²) in [6.07, 6.45) is 8.91. The summed E-state index contributed by atoms with van der Waals surface area (Å²) < 4.78 is 11.2. The Morgan fingerprint density at radius 1 is 0.565 bits per heavy atom. The highest BCUT2D eigenvalue weighted by Gasteiger charge is 2.28. The summed E-state index contributed by atoms with van der Waals surface area (Å²) in [5.74, 6) is 4.12. The van der Waals surface area contributed by atoms with Crippen LogP contribution in [0, 0.1) is 0 Å². The molecule has 1 aliphatic rings. The average molecular weight is 802 g/mol. The SMILES string of the molecule is C=CCC=C(C=CCn1c(-n2c3ccccc3c3ccccc32)nc2cc3c(cc21)N(c1ccccc1)c1ccccc1O3)c1nc(-c2ccccc2)nc(-c2ccccc2)n1. The molecule has 7 aromatic carbocycles. The smallest absolute Gasteiger partial charge is 0.216 e. The zero-order valence-electron chi connectivity index (χ0n) is 33.7. The first-order valence-corrected chi connectivity index (χ1v) is 20.7. The van der Waals surface area contributed by atoms with Gasteiger partial charge in [-0.1, -0.05) is 152 Å². The molecule has 0 amide bonds. The van der Waals surface area contributed by atoms with Crippen LogP contribution in [0.4, 0.5) is 17.1 Å². The zero-order chi connectivity index (χ0) is 41.4. The molecular formula is C54H39N7O. The molecule has 11 rings (SSSR count). The molecule has 0 radical (unpaired) electrons. The molecule has 0 aliphatic carbocycles. The minimum absolute atomic E-state index is 0.488. The van der Waals surface area contributed by atoms with Gasteiger partial charge in [0, 0.05) is 45.8 Å². The minimum Gasteiger partial charge on any atom is -0.453 e. The second-order valence-electron chi connectivity index (χ2n) is 15.1. The van der Waals surface area contributed by atoms with Crippen LogP contribution in [0.15, 0.2) is 207 Å². The first-order valence-electron chi connectivity index (χ1n) is 20.7. The van der Waals surface area contributed by atoms with E-state index in [-0.39, 0.29) is 0 Å². The maximum atomic E-state index is 6.65. The number of nitrogens with zero attached hydrogens (tertiary/aromatic N) is 7. The third-order valence-electron chi connectivity index (χ3n) is 11.2. The molecule has 0 saturated heterocycles. The number of anilines is 3. The van der Waals surface area contributed by atoms with Crippen LogP contribution in [0.3, 0.4) is 0 Å². The van der Waals surface area contributed by atoms with Gasteiger partial charge in [0.05, 0.1) is 33.4 Å². The van der Waals surface area contributed by atoms with E-state index in [1.807, 2.05) is 91.0 Å². The first-order chi connectivity index (χ1) is 30.7. The van der Waals surface area contributed by atoms with Crippen molar-refractivity contribution in [3.63, 3.8) is 0 Å². The molecule has 0 atom stereocenters. The Bertz CT molecular complexity index is 3240. The van der Waals surface area contributed by atoms with Crippen molar-refractivity contribution in [3.05, 3.63) is 213 Å². The number of fused-ring (bicyclic) bond motifs is 6. The Morgan fingerprint density at radius 2 is 1.16 bits per heavy atom. The average Bonchev–Trinajstić information content (AvgIpc) is 3.86. The van der Waals surface area contributed by atoms with E-state index in [9.17, 15) is 0 Å². The lowest BCUT2D eigenvalue weighted by Crippen LogP contribution is -2.16. The lowest BCUT2D eigenvalue weighted by Gasteiger charge is -2.32. The van der Waals surface area contributed by atoms with Crippen molar-refractivity contribution in [3.8, 4) is 40.2 Å². The molecule has 0 bridgehead atoms. The largest absolute Gasteiger partial charge is 0.453 e. The second-order valence-corrected chi connectivity index (χ2v) is 15.1. The van der Waals surface area contributed by atoms with Crippen molar-refractivity contribution in [2.75, 3.05) is 4.90 Å². The van der Waals surface area contributed by atoms with Crippen molar-refractivity contribution in [1.82, 2.24) is 29.1 Å². The zero-order valence-corrected chi connectivity index (χ0v) is 33.7. The molecule has 8 heteroatoms. The summed E-state index contributed by atoms with van der Waals surface area (Å²) in [4.78, 5) is 22.8. The van der Waals surface area contributed by atoms with Gasteiger partial charge in [0.2, 0.25) is 5.95 Å². The van der Waals surface area contributed by atoms with Crippen molar-refractivity contribution in [1.29, 1.82) is 0 Å². The summed E-state index contributed by atoms with van der Waals surface area (Å²) in [6.45, 7) is 4.52. The number of para-hydroxylation sites is 5. The number of imidazole rings is 1. The monoisotopic (exact) mass is 801 g/mol. The second kappa shape index (κ2) is 15.7. The molecular weight excluding hydrogens is 763 g/mol. The minimum atomic E-state index is 0.488. The molecule has 1 aliphatic heterocycles. The predicted molar refractivity (Wildman–Crippen MR) is 251 cm³/mol. The van der Waals surface area contributed by atoms with E-state index in [0.29, 0.717) is 30.4 Å². The highest BCUT2D eigenvalue weighted by atomic mass is 16.5. The van der Waals surface area contributed by atoms with Crippen LogP contribution < -0.4 is 9.64 Å². The molecule has 0 N–H and O–H groups in total. The van der Waals surface area contributed by atoms with Crippen molar-refractivity contribution >= 4 is 55.5 Å². The Morgan fingerprint density at radius 3 is 1.82 bits per heavy atom. The van der Waals surface area contributed by atoms with Crippen LogP contribution in [0.25, 0.3) is 67.1 Å². The Labute approximate surface area is 358 Å². The van der Waals surface area contributed by atoms with Gasteiger partial charge >= 0.3 is 0 Å². The molecule has 0 spiro atoms. The van der Waals surface area contributed by atoms with Gasteiger partial charge in [0.15, 0.2) is 29.0 Å². The van der Waals surface area contributed by atoms with Crippen LogP contribution in [0.5, 0.6) is 11.5 Å². The number of allylic oxidation sites excluding steroid dienone is 5. The maximum absolute atomic E-state index is 6.65. The molecule has 0 unspecified atom stereocenters. The molecule has 8 nitrogen and oxygen atoms in total. The van der Waals surface area contributed by atoms with E-state index in [0.717, 1.165) is 73.3 Å². The van der Waals surface area contributed by atoms with Crippen molar-refractivity contribution in [2.45, 2.75) is 13.0 Å². The number of aromatic nitrogens is 6. The summed E-state index contributed by atoms with van der Waals surface area (Å²) in [5.41, 5.74) is 9.57. The molecule has 10 aromatic rings. The fourth-order valence-electron chi connectivity index (χ4n) is 8.37. The number of benzene rings is 7. The van der Waals surface area contributed by atoms with Gasteiger partial charge in [-0.3, -0.25) is 4.57 Å². The van der Waals surface area contributed by atoms with Gasteiger partial charge in [-0.05, 0) is 48.9 Å². The van der Waals surface area contributed by atoms with Gasteiger partial charge < -0.3 is 14.2 Å². The van der Waals surface area contributed by atoms with Crippen molar-refractivity contribution < 1.29 is 4.74 Å². The predicted octanol–water partition coefficient (Wildman–Crippen LogP) is 13.4. The van der Waals surface area contributed by atoms with Gasteiger partial charge in [0.25, 0.3) is 0 Å². The van der Waals surface area contributed by atoms with Crippen LogP contribution in [-0.2, 0) is 6.54 Å². The highest BCUT2D eigenvalue weighted by Crippen LogP contribution is 2.51. The Hall–Kier alpha value is -8.36. The van der Waals surface area contributed by atoms with Crippen LogP contribution in [-0.4, -0.2) is 29.1 Å². The maximum Gasteiger partial charge on any atom is 0.216 e. The van der Waals surface area contributed by atoms with Crippen molar-refractivity contribution in [2.24, 2.45) is 0 Å². The number of hydrogen-bond donors (Lipinski definition) is 0. The molecule has 3 aromatic heterocycles. The summed E-state index contributed by atoms with van der Waals surface area (Å²) >= 11 is 0. The van der Waals surface area contributed by atoms with Gasteiger partial charge in [-0.15, -0.1) is 6.58 Å². The third kappa shape index (κ3) is 6.51. The lowest BCUT2D eigenvalue weighted by molar-refractivity contribution is 0.477. The van der Waals surface area contributed by atoms with E-state index in [4.69, 9.17) is 24.7 Å². The number of rotatable bonds is 10. The van der Waals surface area contributed by atoms with Gasteiger partial charge in [-0.25, -0.2) is 19.9 Å². The van der Waals surface area contributed by atoms with Crippen LogP contribution >= 0.6 is 0 Å². The fourth-order valence-corrected chi connectivity index (χ4v) is 8.37. The lowest BCUT2D eigenvalue weighted by atomic mass is 10.1. The van der Waals surface area contributed by atoms with Crippen LogP contribution in [0.1, 0.15) is 12.2 Å². The summed E-state index contributed by atoms with van der Waals surface area (Å²) in [5, 5.41) is 2.33. The van der Waals surface area contributed by atoms with Gasteiger partial charge in [0.1, 0.15) is 0 Å². The standard InChI is InChI=1S/C54H39N7O/c1-2-3-20-37(51-56-52(38-21-7-4-8-22-38)58-53(57-51)39-23-9-5-10-24-39)25-19-34-59-47-36-48-50(62-49-33-18-17-32-46(49)60(48)40-26-11-6-12-27-40)35-43(47)55-54(59)61-44-30-15-13-28-41(44)42-29-14-16-31-45(42)61/h2,4-33,35-36H,1,3,34H2. The summed E-state index contributed by atoms with van der Waals surface area (Å²) in [6, 6.07) is 60.1. The summed E-state index contributed by atoms with van der Waals surface area (Å²) in [7, 11) is 0. The van der Waals surface area contributed by atoms with Crippen LogP contribution in [0.2, 0.25) is 0 Å². The topological polar surface area (TPSA) is 73.9 Å². The van der Waals surface area contributed by atoms with E-state index in [2.05, 4.69) is 130 Å². The molecule has 296 valence electrons. The quantitative estimate of drug-likeness (QED) is 0.101. The normalized spacial score (nSPS) is 12.5. The first kappa shape index (κ1) is 36.7. The van der Waals surface area contributed by atoms with E-state index in [1.54, 1.807) is 0 Å². The molecule has 4 heterocycles. The molecule has 0 saturated carbocycles. The van der Waals surface area contributed by atoms with E-state index < -0.39 is 0 Å². The fraction of sp³-hybridized carbons (Fsp3) is 0.0370. The number of ether oxygens (including phenoxy) is 1. The molecule has 62 heavy (non-hydrogen) atoms. The van der Waals surface area contributed by atoms with E-state index >= 15 is 0 Å². The number of hydrogen-bond acceptors (Lipinski definition) is 6. The Balaban J connectivity index is 1.09. The molecule has 0 fully saturated rings. The third-order valence-corrected chi connectivity index (χ3v) is 11.2. The highest BCUT2D eigenvalue weighted by molar-refractivity contribution is 6.09.